The molecule has 0 unspecified atom stereocenters. The van der Waals surface area contributed by atoms with Crippen LogP contribution in [0, 0.1) is 7.05 Å². The number of hydrogen-bond donors (Lipinski definition) is 1. The zero-order chi connectivity index (χ0) is 5.98. The standard InChI is InChI=1S/C6H13N2/c1-7-6-3-4-8(2)5-6/h6-7H,2-5H2,1H3/q-1/t6-/m1/s1. The molecule has 1 aliphatic heterocycles. The van der Waals surface area contributed by atoms with Crippen LogP contribution in [-0.4, -0.2) is 31.1 Å². The number of hydrogen-bond acceptors (Lipinski definition) is 2. The SMILES string of the molecule is [CH2-]N1CC[C@@H](NC)C1. The van der Waals surface area contributed by atoms with Crippen LogP contribution < -0.4 is 5.32 Å². The van der Waals surface area contributed by atoms with E-state index in [2.05, 4.69) is 17.3 Å². The third kappa shape index (κ3) is 1.20. The average molecular weight is 113 g/mol. The van der Waals surface area contributed by atoms with Gasteiger partial charge in [0.05, 0.1) is 0 Å². The van der Waals surface area contributed by atoms with Crippen LogP contribution in [0.5, 0.6) is 0 Å². The Balaban J connectivity index is 2.22. The number of nitrogens with one attached hydrogen (secondary N) is 1. The lowest BCUT2D eigenvalue weighted by atomic mass is 10.3. The summed E-state index contributed by atoms with van der Waals surface area (Å²) in [6.45, 7) is 2.25. The normalized spacial score (nSPS) is 31.5. The molecule has 1 saturated heterocycles. The second kappa shape index (κ2) is 2.46. The number of rotatable bonds is 1. The van der Waals surface area contributed by atoms with Gasteiger partial charge in [-0.25, -0.2) is 0 Å². The van der Waals surface area contributed by atoms with Crippen molar-refractivity contribution in [2.75, 3.05) is 20.1 Å². The molecule has 0 bridgehead atoms. The maximum absolute atomic E-state index is 3.83. The summed E-state index contributed by atoms with van der Waals surface area (Å²) in [6.07, 6.45) is 1.25. The maximum atomic E-state index is 3.83. The molecule has 0 aromatic carbocycles. The van der Waals surface area contributed by atoms with E-state index in [9.17, 15) is 0 Å². The lowest BCUT2D eigenvalue weighted by Gasteiger charge is -2.15. The van der Waals surface area contributed by atoms with Crippen molar-refractivity contribution in [3.63, 3.8) is 0 Å². The zero-order valence-electron chi connectivity index (χ0n) is 5.35. The molecule has 1 heterocycles. The Labute approximate surface area is 50.9 Å². The molecule has 0 aliphatic carbocycles. The Hall–Kier alpha value is -0.0800. The summed E-state index contributed by atoms with van der Waals surface area (Å²) in [5, 5.41) is 3.21. The summed E-state index contributed by atoms with van der Waals surface area (Å²) in [6, 6.07) is 0.687. The highest BCUT2D eigenvalue weighted by molar-refractivity contribution is 4.78. The van der Waals surface area contributed by atoms with Gasteiger partial charge in [0.25, 0.3) is 0 Å². The Morgan fingerprint density at radius 3 is 2.75 bits per heavy atom. The number of likely N-dealkylation sites (tertiary alicyclic amines) is 1. The molecule has 1 atom stereocenters. The summed E-state index contributed by atoms with van der Waals surface area (Å²) in [7, 11) is 5.83. The van der Waals surface area contributed by atoms with E-state index in [1.807, 2.05) is 7.05 Å². The molecule has 1 N–H and O–H groups in total. The van der Waals surface area contributed by atoms with Crippen LogP contribution in [0.1, 0.15) is 6.42 Å². The largest absolute Gasteiger partial charge is 0.458 e. The molecule has 0 spiro atoms. The number of likely N-dealkylation sites (N-methyl/N-ethyl adjacent to an activating group) is 1. The lowest BCUT2D eigenvalue weighted by molar-refractivity contribution is 0.443. The third-order valence-electron chi connectivity index (χ3n) is 1.68. The fourth-order valence-electron chi connectivity index (χ4n) is 1.07. The van der Waals surface area contributed by atoms with E-state index in [0.717, 1.165) is 13.1 Å². The van der Waals surface area contributed by atoms with Crippen molar-refractivity contribution in [1.29, 1.82) is 0 Å². The van der Waals surface area contributed by atoms with Crippen molar-refractivity contribution in [3.8, 4) is 0 Å². The molecule has 48 valence electrons. The van der Waals surface area contributed by atoms with Gasteiger partial charge in [-0.15, -0.1) is 0 Å². The minimum Gasteiger partial charge on any atom is -0.458 e. The van der Waals surface area contributed by atoms with Gasteiger partial charge >= 0.3 is 0 Å². The van der Waals surface area contributed by atoms with Crippen LogP contribution in [0.15, 0.2) is 0 Å². The van der Waals surface area contributed by atoms with Crippen molar-refractivity contribution >= 4 is 0 Å². The highest BCUT2D eigenvalue weighted by Crippen LogP contribution is 2.05. The van der Waals surface area contributed by atoms with Gasteiger partial charge in [0.1, 0.15) is 0 Å². The molecule has 2 nitrogen and oxygen atoms in total. The molecule has 0 aromatic heterocycles. The van der Waals surface area contributed by atoms with Crippen LogP contribution in [-0.2, 0) is 0 Å². The Bertz CT molecular complexity index is 72.9. The van der Waals surface area contributed by atoms with Gasteiger partial charge in [0, 0.05) is 6.04 Å². The topological polar surface area (TPSA) is 15.3 Å². The Morgan fingerprint density at radius 2 is 2.50 bits per heavy atom. The average Bonchev–Trinajstić information content (AvgIpc) is 2.14. The fourth-order valence-corrected chi connectivity index (χ4v) is 1.07. The van der Waals surface area contributed by atoms with Gasteiger partial charge in [-0.05, 0) is 26.6 Å². The molecule has 1 fully saturated rings. The monoisotopic (exact) mass is 113 g/mol. The van der Waals surface area contributed by atoms with E-state index in [-0.39, 0.29) is 0 Å². The fraction of sp³-hybridized carbons (Fsp3) is 0.833. The van der Waals surface area contributed by atoms with Crippen LogP contribution >= 0.6 is 0 Å². The highest BCUT2D eigenvalue weighted by Gasteiger charge is 2.12. The van der Waals surface area contributed by atoms with Crippen molar-refractivity contribution < 1.29 is 0 Å². The minimum atomic E-state index is 0.687. The third-order valence-corrected chi connectivity index (χ3v) is 1.68. The van der Waals surface area contributed by atoms with Crippen molar-refractivity contribution in [3.05, 3.63) is 7.05 Å². The first kappa shape index (κ1) is 6.05. The number of nitrogens with zero attached hydrogens (tertiary/aromatic N) is 1. The maximum Gasteiger partial charge on any atom is 0.0179 e. The molecule has 0 amide bonds. The highest BCUT2D eigenvalue weighted by atomic mass is 15.2. The van der Waals surface area contributed by atoms with Crippen LogP contribution in [0.2, 0.25) is 0 Å². The first-order valence-corrected chi connectivity index (χ1v) is 3.05. The summed E-state index contributed by atoms with van der Waals surface area (Å²) in [4.78, 5) is 2.10. The van der Waals surface area contributed by atoms with Gasteiger partial charge < -0.3 is 10.2 Å². The van der Waals surface area contributed by atoms with Crippen LogP contribution in [0.4, 0.5) is 0 Å². The molecule has 8 heavy (non-hydrogen) atoms. The van der Waals surface area contributed by atoms with Gasteiger partial charge in [0.2, 0.25) is 0 Å². The molecule has 0 aromatic rings. The second-order valence-electron chi connectivity index (χ2n) is 2.35. The van der Waals surface area contributed by atoms with Crippen LogP contribution in [0.25, 0.3) is 0 Å². The lowest BCUT2D eigenvalue weighted by Crippen LogP contribution is -2.27. The summed E-state index contributed by atoms with van der Waals surface area (Å²) < 4.78 is 0. The molecule has 1 aliphatic rings. The predicted molar refractivity (Wildman–Crippen MR) is 34.4 cm³/mol. The van der Waals surface area contributed by atoms with Gasteiger partial charge in [0.15, 0.2) is 0 Å². The predicted octanol–water partition coefficient (Wildman–Crippen LogP) is 0.0717. The molecular formula is C6H13N2-. The van der Waals surface area contributed by atoms with Crippen molar-refractivity contribution in [2.24, 2.45) is 0 Å². The van der Waals surface area contributed by atoms with E-state index in [0.29, 0.717) is 6.04 Å². The molecule has 0 saturated carbocycles. The van der Waals surface area contributed by atoms with Gasteiger partial charge in [-0.3, -0.25) is 7.05 Å². The van der Waals surface area contributed by atoms with E-state index in [1.54, 1.807) is 0 Å². The Morgan fingerprint density at radius 1 is 1.75 bits per heavy atom. The molecular weight excluding hydrogens is 100 g/mol. The summed E-state index contributed by atoms with van der Waals surface area (Å²) in [5.74, 6) is 0. The van der Waals surface area contributed by atoms with Gasteiger partial charge in [-0.1, -0.05) is 0 Å². The van der Waals surface area contributed by atoms with Crippen molar-refractivity contribution in [1.82, 2.24) is 10.2 Å². The van der Waals surface area contributed by atoms with E-state index >= 15 is 0 Å². The zero-order valence-corrected chi connectivity index (χ0v) is 5.35. The van der Waals surface area contributed by atoms with E-state index < -0.39 is 0 Å². The summed E-state index contributed by atoms with van der Waals surface area (Å²) >= 11 is 0. The minimum absolute atomic E-state index is 0.687. The molecule has 0 radical (unpaired) electrons. The molecule has 2 heteroatoms. The van der Waals surface area contributed by atoms with Gasteiger partial charge in [-0.2, -0.15) is 0 Å². The smallest absolute Gasteiger partial charge is 0.0179 e. The second-order valence-corrected chi connectivity index (χ2v) is 2.35. The van der Waals surface area contributed by atoms with E-state index in [4.69, 9.17) is 0 Å². The molecule has 1 rings (SSSR count). The first-order chi connectivity index (χ1) is 3.83. The van der Waals surface area contributed by atoms with Crippen LogP contribution in [0.3, 0.4) is 0 Å². The van der Waals surface area contributed by atoms with Crippen molar-refractivity contribution in [2.45, 2.75) is 12.5 Å². The summed E-state index contributed by atoms with van der Waals surface area (Å²) in [5.41, 5.74) is 0. The quantitative estimate of drug-likeness (QED) is 0.484. The Kier molecular flexibility index (Phi) is 1.86. The first-order valence-electron chi connectivity index (χ1n) is 3.05. The van der Waals surface area contributed by atoms with E-state index in [1.165, 1.54) is 6.42 Å².